The van der Waals surface area contributed by atoms with Crippen molar-refractivity contribution in [2.24, 2.45) is 17.3 Å². The van der Waals surface area contributed by atoms with Crippen LogP contribution in [0.2, 0.25) is 0 Å². The molecule has 2 saturated carbocycles. The molecule has 0 bridgehead atoms. The van der Waals surface area contributed by atoms with Crippen LogP contribution in [0.25, 0.3) is 0 Å². The third-order valence-electron chi connectivity index (χ3n) is 4.67. The lowest BCUT2D eigenvalue weighted by Crippen LogP contribution is -2.23. The van der Waals surface area contributed by atoms with Gasteiger partial charge in [0.25, 0.3) is 0 Å². The van der Waals surface area contributed by atoms with Crippen LogP contribution >= 0.6 is 0 Å². The van der Waals surface area contributed by atoms with Crippen molar-refractivity contribution in [3.05, 3.63) is 0 Å². The lowest BCUT2D eigenvalue weighted by atomic mass is 9.77. The normalized spacial score (nSPS) is 45.4. The fourth-order valence-corrected chi connectivity index (χ4v) is 3.39. The molecular weight excluding hydrogens is 204 g/mol. The van der Waals surface area contributed by atoms with Gasteiger partial charge in [-0.05, 0) is 50.4 Å². The highest BCUT2D eigenvalue weighted by molar-refractivity contribution is 5.77. The maximum absolute atomic E-state index is 11.7. The summed E-state index contributed by atoms with van der Waals surface area (Å²) in [6, 6.07) is 0. The average molecular weight is 224 g/mol. The molecule has 1 heterocycles. The number of carbonyl (C=O) groups excluding carboxylic acids is 1. The van der Waals surface area contributed by atoms with Gasteiger partial charge in [0.05, 0.1) is 25.2 Å². The molecule has 3 heteroatoms. The molecule has 1 spiro atoms. The Labute approximate surface area is 96.5 Å². The molecule has 0 radical (unpaired) electrons. The molecule has 0 aromatic carbocycles. The Balaban J connectivity index is 1.52. The molecule has 0 aromatic rings. The second-order valence-electron chi connectivity index (χ2n) is 5.58. The molecule has 90 valence electrons. The van der Waals surface area contributed by atoms with Crippen LogP contribution in [0.15, 0.2) is 0 Å². The van der Waals surface area contributed by atoms with Gasteiger partial charge in [-0.25, -0.2) is 0 Å². The van der Waals surface area contributed by atoms with Gasteiger partial charge >= 0.3 is 5.97 Å². The fourth-order valence-electron chi connectivity index (χ4n) is 3.39. The summed E-state index contributed by atoms with van der Waals surface area (Å²) >= 11 is 0. The van der Waals surface area contributed by atoms with Gasteiger partial charge in [-0.2, -0.15) is 0 Å². The molecule has 3 nitrogen and oxygen atoms in total. The molecule has 1 aliphatic heterocycles. The molecule has 3 rings (SSSR count). The first-order valence-electron chi connectivity index (χ1n) is 6.53. The zero-order valence-corrected chi connectivity index (χ0v) is 9.91. The Hall–Kier alpha value is -0.570. The lowest BCUT2D eigenvalue weighted by molar-refractivity contribution is -0.145. The van der Waals surface area contributed by atoms with Crippen LogP contribution < -0.4 is 0 Å². The van der Waals surface area contributed by atoms with E-state index in [0.717, 1.165) is 18.9 Å². The van der Waals surface area contributed by atoms with Gasteiger partial charge in [0, 0.05) is 0 Å². The predicted octanol–water partition coefficient (Wildman–Crippen LogP) is 2.14. The van der Waals surface area contributed by atoms with Gasteiger partial charge < -0.3 is 9.47 Å². The maximum Gasteiger partial charge on any atom is 0.309 e. The molecule has 2 atom stereocenters. The smallest absolute Gasteiger partial charge is 0.309 e. The van der Waals surface area contributed by atoms with E-state index >= 15 is 0 Å². The first-order chi connectivity index (χ1) is 7.75. The minimum Gasteiger partial charge on any atom is -0.466 e. The Kier molecular flexibility index (Phi) is 2.46. The van der Waals surface area contributed by atoms with Crippen molar-refractivity contribution in [2.75, 3.05) is 13.2 Å². The molecule has 16 heavy (non-hydrogen) atoms. The van der Waals surface area contributed by atoms with Gasteiger partial charge in [-0.3, -0.25) is 4.79 Å². The van der Waals surface area contributed by atoms with E-state index in [1.165, 1.54) is 25.7 Å². The van der Waals surface area contributed by atoms with E-state index < -0.39 is 0 Å². The molecule has 0 N–H and O–H groups in total. The Morgan fingerprint density at radius 1 is 1.44 bits per heavy atom. The highest BCUT2D eigenvalue weighted by Crippen LogP contribution is 2.63. The standard InChI is InChI=1S/C13H20O3/c1-2-15-12(14)10-7-13(10)5-3-9(4-6-13)11-8-16-11/h9-11H,2-8H2,1H3. The minimum atomic E-state index is 0.0450. The second kappa shape index (κ2) is 3.73. The van der Waals surface area contributed by atoms with Crippen LogP contribution in [-0.4, -0.2) is 25.3 Å². The number of esters is 1. The van der Waals surface area contributed by atoms with Crippen LogP contribution in [0.3, 0.4) is 0 Å². The van der Waals surface area contributed by atoms with Crippen molar-refractivity contribution in [2.45, 2.75) is 45.1 Å². The van der Waals surface area contributed by atoms with E-state index in [0.29, 0.717) is 18.1 Å². The van der Waals surface area contributed by atoms with E-state index in [-0.39, 0.29) is 11.9 Å². The Morgan fingerprint density at radius 2 is 2.12 bits per heavy atom. The highest BCUT2D eigenvalue weighted by Gasteiger charge is 2.60. The first kappa shape index (κ1) is 10.6. The largest absolute Gasteiger partial charge is 0.466 e. The van der Waals surface area contributed by atoms with Crippen molar-refractivity contribution in [3.8, 4) is 0 Å². The van der Waals surface area contributed by atoms with Crippen molar-refractivity contribution >= 4 is 5.97 Å². The van der Waals surface area contributed by atoms with Crippen molar-refractivity contribution < 1.29 is 14.3 Å². The molecule has 1 saturated heterocycles. The summed E-state index contributed by atoms with van der Waals surface area (Å²) in [6.45, 7) is 3.37. The zero-order chi connectivity index (χ0) is 11.2. The lowest BCUT2D eigenvalue weighted by Gasteiger charge is -2.28. The SMILES string of the molecule is CCOC(=O)C1CC12CCC(C1CO1)CC2. The first-order valence-corrected chi connectivity index (χ1v) is 6.53. The number of hydrogen-bond acceptors (Lipinski definition) is 3. The minimum absolute atomic E-state index is 0.0450. The summed E-state index contributed by atoms with van der Waals surface area (Å²) in [5.74, 6) is 1.03. The monoisotopic (exact) mass is 224 g/mol. The van der Waals surface area contributed by atoms with Crippen LogP contribution in [-0.2, 0) is 14.3 Å². The van der Waals surface area contributed by atoms with Gasteiger partial charge in [-0.1, -0.05) is 0 Å². The zero-order valence-electron chi connectivity index (χ0n) is 9.91. The molecule has 2 aliphatic carbocycles. The number of rotatable bonds is 3. The molecule has 3 fully saturated rings. The quantitative estimate of drug-likeness (QED) is 0.544. The maximum atomic E-state index is 11.7. The summed E-state index contributed by atoms with van der Waals surface area (Å²) in [7, 11) is 0. The molecule has 2 unspecified atom stereocenters. The number of hydrogen-bond donors (Lipinski definition) is 0. The van der Waals surface area contributed by atoms with Crippen LogP contribution in [0.1, 0.15) is 39.0 Å². The fraction of sp³-hybridized carbons (Fsp3) is 0.923. The third kappa shape index (κ3) is 1.75. The topological polar surface area (TPSA) is 38.8 Å². The number of carbonyl (C=O) groups is 1. The summed E-state index contributed by atoms with van der Waals surface area (Å²) in [5.41, 5.74) is 0.331. The van der Waals surface area contributed by atoms with E-state index in [1.54, 1.807) is 0 Å². The van der Waals surface area contributed by atoms with Gasteiger partial charge in [-0.15, -0.1) is 0 Å². The third-order valence-corrected chi connectivity index (χ3v) is 4.67. The van der Waals surface area contributed by atoms with Crippen LogP contribution in [0.5, 0.6) is 0 Å². The van der Waals surface area contributed by atoms with Crippen molar-refractivity contribution in [3.63, 3.8) is 0 Å². The molecule has 0 amide bonds. The molecular formula is C13H20O3. The van der Waals surface area contributed by atoms with Crippen molar-refractivity contribution in [1.29, 1.82) is 0 Å². The predicted molar refractivity (Wildman–Crippen MR) is 58.9 cm³/mol. The van der Waals surface area contributed by atoms with E-state index in [9.17, 15) is 4.79 Å². The molecule has 0 aromatic heterocycles. The summed E-state index contributed by atoms with van der Waals surface area (Å²) < 4.78 is 10.5. The second-order valence-corrected chi connectivity index (χ2v) is 5.58. The van der Waals surface area contributed by atoms with Gasteiger partial charge in [0.15, 0.2) is 0 Å². The van der Waals surface area contributed by atoms with Crippen LogP contribution in [0.4, 0.5) is 0 Å². The number of ether oxygens (including phenoxy) is 2. The summed E-state index contributed by atoms with van der Waals surface area (Å²) in [6.07, 6.45) is 6.55. The van der Waals surface area contributed by atoms with E-state index in [1.807, 2.05) is 6.92 Å². The number of epoxide rings is 1. The summed E-state index contributed by atoms with van der Waals surface area (Å²) in [5, 5.41) is 0. The molecule has 3 aliphatic rings. The van der Waals surface area contributed by atoms with Crippen LogP contribution in [0, 0.1) is 17.3 Å². The average Bonchev–Trinajstić information content (AvgIpc) is 3.15. The Morgan fingerprint density at radius 3 is 2.69 bits per heavy atom. The van der Waals surface area contributed by atoms with Gasteiger partial charge in [0.2, 0.25) is 0 Å². The van der Waals surface area contributed by atoms with Gasteiger partial charge in [0.1, 0.15) is 0 Å². The van der Waals surface area contributed by atoms with Crippen molar-refractivity contribution in [1.82, 2.24) is 0 Å². The van der Waals surface area contributed by atoms with E-state index in [2.05, 4.69) is 0 Å². The van der Waals surface area contributed by atoms with E-state index in [4.69, 9.17) is 9.47 Å². The highest BCUT2D eigenvalue weighted by atomic mass is 16.6. The summed E-state index contributed by atoms with van der Waals surface area (Å²) in [4.78, 5) is 11.7. The Bertz CT molecular complexity index is 288.